The quantitative estimate of drug-likeness (QED) is 0.364. The number of allylic oxidation sites excluding steroid dienone is 1. The first-order valence-electron chi connectivity index (χ1n) is 6.00. The van der Waals surface area contributed by atoms with E-state index in [1.54, 1.807) is 0 Å². The van der Waals surface area contributed by atoms with Crippen molar-refractivity contribution in [1.82, 2.24) is 0 Å². The van der Waals surface area contributed by atoms with Gasteiger partial charge in [-0.15, -0.1) is 0 Å². The molecule has 0 aliphatic heterocycles. The maximum atomic E-state index is 11.5. The van der Waals surface area contributed by atoms with Gasteiger partial charge in [0.15, 0.2) is 0 Å². The van der Waals surface area contributed by atoms with E-state index in [9.17, 15) is 4.79 Å². The monoisotopic (exact) mass is 212 g/mol. The normalized spacial score (nSPS) is 12.3. The molecule has 2 nitrogen and oxygen atoms in total. The zero-order valence-electron chi connectivity index (χ0n) is 10.6. The van der Waals surface area contributed by atoms with Crippen molar-refractivity contribution in [2.45, 2.75) is 59.3 Å². The Morgan fingerprint density at radius 1 is 1.07 bits per heavy atom. The molecule has 0 bridgehead atoms. The molecule has 0 heterocycles. The molecular weight excluding hydrogens is 188 g/mol. The maximum Gasteiger partial charge on any atom is 0.333 e. The van der Waals surface area contributed by atoms with Crippen LogP contribution in [-0.2, 0) is 9.53 Å². The van der Waals surface area contributed by atoms with Gasteiger partial charge in [0.25, 0.3) is 0 Å². The fraction of sp³-hybridized carbons (Fsp3) is 0.769. The van der Waals surface area contributed by atoms with Crippen molar-refractivity contribution >= 4 is 5.97 Å². The number of carbonyl (C=O) groups excluding carboxylic acids is 1. The van der Waals surface area contributed by atoms with Crippen LogP contribution in [0.1, 0.15) is 59.3 Å². The molecule has 0 spiro atoms. The van der Waals surface area contributed by atoms with Gasteiger partial charge in [0.1, 0.15) is 0 Å². The molecular formula is C13H24O2. The van der Waals surface area contributed by atoms with Gasteiger partial charge in [0, 0.05) is 5.57 Å². The predicted octanol–water partition coefficient (Wildman–Crippen LogP) is 3.86. The third-order valence-electron chi connectivity index (χ3n) is 2.72. The van der Waals surface area contributed by atoms with Crippen molar-refractivity contribution in [2.75, 3.05) is 7.11 Å². The molecule has 15 heavy (non-hydrogen) atoms. The molecule has 0 atom stereocenters. The van der Waals surface area contributed by atoms with Crippen molar-refractivity contribution in [3.63, 3.8) is 0 Å². The molecule has 0 radical (unpaired) electrons. The molecule has 0 unspecified atom stereocenters. The Hall–Kier alpha value is -0.790. The first-order valence-corrected chi connectivity index (χ1v) is 6.00. The summed E-state index contributed by atoms with van der Waals surface area (Å²) >= 11 is 0. The Morgan fingerprint density at radius 2 is 1.73 bits per heavy atom. The highest BCUT2D eigenvalue weighted by Gasteiger charge is 2.12. The summed E-state index contributed by atoms with van der Waals surface area (Å²) in [5, 5.41) is 0. The Labute approximate surface area is 93.7 Å². The average molecular weight is 212 g/mol. The van der Waals surface area contributed by atoms with E-state index < -0.39 is 0 Å². The Balaban J connectivity index is 4.52. The lowest BCUT2D eigenvalue weighted by Crippen LogP contribution is -2.07. The van der Waals surface area contributed by atoms with E-state index in [4.69, 9.17) is 4.74 Å². The summed E-state index contributed by atoms with van der Waals surface area (Å²) in [6.45, 7) is 6.32. The number of hydrogen-bond acceptors (Lipinski definition) is 2. The molecule has 0 aliphatic carbocycles. The summed E-state index contributed by atoms with van der Waals surface area (Å²) in [5.74, 6) is -0.147. The molecule has 0 fully saturated rings. The molecule has 0 rings (SSSR count). The number of hydrogen-bond donors (Lipinski definition) is 0. The first-order chi connectivity index (χ1) is 7.21. The van der Waals surface area contributed by atoms with Crippen molar-refractivity contribution in [3.05, 3.63) is 11.1 Å². The second kappa shape index (κ2) is 8.51. The zero-order valence-corrected chi connectivity index (χ0v) is 10.6. The van der Waals surface area contributed by atoms with Gasteiger partial charge in [0.2, 0.25) is 0 Å². The second-order valence-electron chi connectivity index (χ2n) is 3.74. The minimum Gasteiger partial charge on any atom is -0.466 e. The first kappa shape index (κ1) is 14.2. The van der Waals surface area contributed by atoms with Gasteiger partial charge in [-0.05, 0) is 25.7 Å². The molecule has 0 saturated heterocycles. The van der Waals surface area contributed by atoms with Crippen LogP contribution in [0.25, 0.3) is 0 Å². The van der Waals surface area contributed by atoms with Crippen molar-refractivity contribution < 1.29 is 9.53 Å². The minimum atomic E-state index is -0.147. The lowest BCUT2D eigenvalue weighted by molar-refractivity contribution is -0.136. The van der Waals surface area contributed by atoms with E-state index in [1.807, 2.05) is 6.92 Å². The lowest BCUT2D eigenvalue weighted by Gasteiger charge is -2.10. The van der Waals surface area contributed by atoms with Gasteiger partial charge in [-0.1, -0.05) is 39.2 Å². The second-order valence-corrected chi connectivity index (χ2v) is 3.74. The van der Waals surface area contributed by atoms with E-state index in [1.165, 1.54) is 31.9 Å². The predicted molar refractivity (Wildman–Crippen MR) is 63.8 cm³/mol. The summed E-state index contributed by atoms with van der Waals surface area (Å²) < 4.78 is 4.80. The van der Waals surface area contributed by atoms with E-state index in [-0.39, 0.29) is 5.97 Å². The van der Waals surface area contributed by atoms with Gasteiger partial charge in [-0.3, -0.25) is 0 Å². The van der Waals surface area contributed by atoms with Gasteiger partial charge in [-0.25, -0.2) is 4.79 Å². The highest BCUT2D eigenvalue weighted by atomic mass is 16.5. The van der Waals surface area contributed by atoms with E-state index >= 15 is 0 Å². The molecule has 0 amide bonds. The third kappa shape index (κ3) is 5.01. The van der Waals surface area contributed by atoms with Crippen LogP contribution < -0.4 is 0 Å². The van der Waals surface area contributed by atoms with E-state index in [2.05, 4.69) is 13.8 Å². The average Bonchev–Trinajstić information content (AvgIpc) is 2.27. The SMILES string of the molecule is CCCCCC(CC)=C(CC)C(=O)OC. The Morgan fingerprint density at radius 3 is 2.13 bits per heavy atom. The van der Waals surface area contributed by atoms with Crippen LogP contribution in [0, 0.1) is 0 Å². The van der Waals surface area contributed by atoms with Crippen molar-refractivity contribution in [1.29, 1.82) is 0 Å². The maximum absolute atomic E-state index is 11.5. The van der Waals surface area contributed by atoms with Gasteiger partial charge in [0.05, 0.1) is 7.11 Å². The number of carbonyl (C=O) groups is 1. The molecule has 0 aliphatic rings. The molecule has 0 aromatic rings. The third-order valence-corrected chi connectivity index (χ3v) is 2.72. The Kier molecular flexibility index (Phi) is 8.06. The number of rotatable bonds is 7. The summed E-state index contributed by atoms with van der Waals surface area (Å²) in [4.78, 5) is 11.5. The summed E-state index contributed by atoms with van der Waals surface area (Å²) in [5.41, 5.74) is 2.16. The fourth-order valence-electron chi connectivity index (χ4n) is 1.79. The number of methoxy groups -OCH3 is 1. The lowest BCUT2D eigenvalue weighted by atomic mass is 9.98. The number of esters is 1. The largest absolute Gasteiger partial charge is 0.466 e. The molecule has 0 aromatic heterocycles. The topological polar surface area (TPSA) is 26.3 Å². The molecule has 2 heteroatoms. The fourth-order valence-corrected chi connectivity index (χ4v) is 1.79. The number of ether oxygens (including phenoxy) is 1. The van der Waals surface area contributed by atoms with E-state index in [0.717, 1.165) is 24.8 Å². The van der Waals surface area contributed by atoms with Crippen LogP contribution >= 0.6 is 0 Å². The molecule has 0 saturated carbocycles. The summed E-state index contributed by atoms with van der Waals surface area (Å²) in [7, 11) is 1.46. The van der Waals surface area contributed by atoms with Crippen LogP contribution in [-0.4, -0.2) is 13.1 Å². The standard InChI is InChI=1S/C13H24O2/c1-5-8-9-10-11(6-2)12(7-3)13(14)15-4/h5-10H2,1-4H3. The highest BCUT2D eigenvalue weighted by molar-refractivity contribution is 5.89. The minimum absolute atomic E-state index is 0.147. The molecule has 0 N–H and O–H groups in total. The zero-order chi connectivity index (χ0) is 11.7. The molecule has 0 aromatic carbocycles. The summed E-state index contributed by atoms with van der Waals surface area (Å²) in [6, 6.07) is 0. The number of unbranched alkanes of at least 4 members (excludes halogenated alkanes) is 2. The Bertz CT molecular complexity index is 217. The van der Waals surface area contributed by atoms with Gasteiger partial charge >= 0.3 is 5.97 Å². The van der Waals surface area contributed by atoms with Crippen molar-refractivity contribution in [3.8, 4) is 0 Å². The smallest absolute Gasteiger partial charge is 0.333 e. The van der Waals surface area contributed by atoms with Crippen LogP contribution in [0.3, 0.4) is 0 Å². The van der Waals surface area contributed by atoms with Crippen molar-refractivity contribution in [2.24, 2.45) is 0 Å². The van der Waals surface area contributed by atoms with E-state index in [0.29, 0.717) is 0 Å². The van der Waals surface area contributed by atoms with Crippen LogP contribution in [0.15, 0.2) is 11.1 Å². The molecule has 88 valence electrons. The van der Waals surface area contributed by atoms with Crippen LogP contribution in [0.2, 0.25) is 0 Å². The van der Waals surface area contributed by atoms with Crippen LogP contribution in [0.5, 0.6) is 0 Å². The highest BCUT2D eigenvalue weighted by Crippen LogP contribution is 2.20. The van der Waals surface area contributed by atoms with Gasteiger partial charge < -0.3 is 4.74 Å². The van der Waals surface area contributed by atoms with Crippen LogP contribution in [0.4, 0.5) is 0 Å². The van der Waals surface area contributed by atoms with Gasteiger partial charge in [-0.2, -0.15) is 0 Å². The summed E-state index contributed by atoms with van der Waals surface area (Å²) in [6.07, 6.45) is 6.42.